The maximum absolute atomic E-state index is 12.9. The predicted octanol–water partition coefficient (Wildman–Crippen LogP) is 6.07. The first kappa shape index (κ1) is 19.5. The molecule has 0 aliphatic heterocycles. The second kappa shape index (κ2) is 7.75. The van der Waals surface area contributed by atoms with E-state index in [2.05, 4.69) is 10.3 Å². The van der Waals surface area contributed by atoms with E-state index in [0.717, 1.165) is 16.6 Å². The Hall–Kier alpha value is -2.30. The topological polar surface area (TPSA) is 45.2 Å². The van der Waals surface area contributed by atoms with Gasteiger partial charge in [0.15, 0.2) is 0 Å². The summed E-state index contributed by atoms with van der Waals surface area (Å²) in [5.74, 6) is 0.516. The highest BCUT2D eigenvalue weighted by Gasteiger charge is 2.21. The number of hydrogen-bond acceptors (Lipinski definition) is 3. The monoisotopic (exact) mass is 401 g/mol. The minimum absolute atomic E-state index is 0.0712. The van der Waals surface area contributed by atoms with Crippen LogP contribution in [-0.4, -0.2) is 28.9 Å². The maximum Gasteiger partial charge on any atom is 0.256 e. The summed E-state index contributed by atoms with van der Waals surface area (Å²) in [4.78, 5) is 19.1. The lowest BCUT2D eigenvalue weighted by molar-refractivity contribution is 0.0756. The molecule has 4 nitrogen and oxygen atoms in total. The molecule has 0 aliphatic rings. The van der Waals surface area contributed by atoms with Gasteiger partial charge >= 0.3 is 0 Å². The molecule has 140 valence electrons. The summed E-state index contributed by atoms with van der Waals surface area (Å²) in [5, 5.41) is 5.98. The van der Waals surface area contributed by atoms with Gasteiger partial charge in [0.2, 0.25) is 0 Å². The molecule has 3 aromatic rings. The number of hydrogen-bond donors (Lipinski definition) is 1. The van der Waals surface area contributed by atoms with Crippen LogP contribution in [0.4, 0.5) is 11.5 Å². The highest BCUT2D eigenvalue weighted by Crippen LogP contribution is 2.34. The van der Waals surface area contributed by atoms with Crippen molar-refractivity contribution in [1.82, 2.24) is 9.88 Å². The molecule has 0 radical (unpaired) electrons. The molecular weight excluding hydrogens is 381 g/mol. The third kappa shape index (κ3) is 3.73. The Morgan fingerprint density at radius 2 is 1.78 bits per heavy atom. The van der Waals surface area contributed by atoms with E-state index in [-0.39, 0.29) is 11.9 Å². The molecule has 6 heteroatoms. The molecule has 1 heterocycles. The molecule has 0 spiro atoms. The largest absolute Gasteiger partial charge is 0.339 e. The Morgan fingerprint density at radius 1 is 1.11 bits per heavy atom. The van der Waals surface area contributed by atoms with Crippen LogP contribution in [0, 0.1) is 6.92 Å². The Balaban J connectivity index is 2.15. The van der Waals surface area contributed by atoms with Crippen molar-refractivity contribution in [3.05, 3.63) is 63.8 Å². The van der Waals surface area contributed by atoms with Crippen molar-refractivity contribution in [2.75, 3.05) is 12.4 Å². The number of amides is 1. The number of halogens is 2. The minimum Gasteiger partial charge on any atom is -0.339 e. The first-order valence-corrected chi connectivity index (χ1v) is 9.43. The molecular formula is C21H21Cl2N3O. The Labute approximate surface area is 169 Å². The Morgan fingerprint density at radius 3 is 2.48 bits per heavy atom. The second-order valence-electron chi connectivity index (χ2n) is 6.73. The van der Waals surface area contributed by atoms with Gasteiger partial charge in [-0.3, -0.25) is 4.79 Å². The lowest BCUT2D eigenvalue weighted by atomic mass is 10.0. The molecule has 0 fully saturated rings. The number of nitrogens with one attached hydrogen (secondary N) is 1. The van der Waals surface area contributed by atoms with Crippen molar-refractivity contribution in [2.45, 2.75) is 26.8 Å². The average Bonchev–Trinajstić information content (AvgIpc) is 2.64. The van der Waals surface area contributed by atoms with Crippen LogP contribution in [0.25, 0.3) is 10.8 Å². The smallest absolute Gasteiger partial charge is 0.256 e. The van der Waals surface area contributed by atoms with Gasteiger partial charge in [0, 0.05) is 45.8 Å². The van der Waals surface area contributed by atoms with Gasteiger partial charge in [-0.1, -0.05) is 41.4 Å². The van der Waals surface area contributed by atoms with Crippen LogP contribution in [0.2, 0.25) is 10.0 Å². The molecule has 0 atom stereocenters. The van der Waals surface area contributed by atoms with E-state index in [4.69, 9.17) is 23.2 Å². The number of carbonyl (C=O) groups excluding carboxylic acids is 1. The number of aromatic nitrogens is 1. The fourth-order valence-corrected chi connectivity index (χ4v) is 3.27. The van der Waals surface area contributed by atoms with Crippen LogP contribution in [0.1, 0.15) is 29.8 Å². The first-order chi connectivity index (χ1) is 12.8. The van der Waals surface area contributed by atoms with Crippen molar-refractivity contribution in [1.29, 1.82) is 0 Å². The quantitative estimate of drug-likeness (QED) is 0.576. The third-order valence-corrected chi connectivity index (χ3v) is 5.43. The summed E-state index contributed by atoms with van der Waals surface area (Å²) in [6.07, 6.45) is 1.58. The molecule has 3 rings (SSSR count). The van der Waals surface area contributed by atoms with Crippen LogP contribution < -0.4 is 5.32 Å². The van der Waals surface area contributed by atoms with E-state index in [1.54, 1.807) is 24.2 Å². The fourth-order valence-electron chi connectivity index (χ4n) is 2.82. The van der Waals surface area contributed by atoms with Gasteiger partial charge in [0.25, 0.3) is 5.91 Å². The number of anilines is 2. The number of rotatable bonds is 4. The molecule has 0 bridgehead atoms. The summed E-state index contributed by atoms with van der Waals surface area (Å²) in [6, 6.07) is 11.3. The Kier molecular flexibility index (Phi) is 5.59. The SMILES string of the molecule is Cc1c(Cl)cccc1Nc1ncc(C(=O)N(C)C(C)C)c2c(Cl)cccc12. The zero-order valence-corrected chi connectivity index (χ0v) is 17.2. The number of carbonyl (C=O) groups is 1. The van der Waals surface area contributed by atoms with E-state index >= 15 is 0 Å². The molecule has 0 aliphatic carbocycles. The lowest BCUT2D eigenvalue weighted by Gasteiger charge is -2.23. The maximum atomic E-state index is 12.9. The van der Waals surface area contributed by atoms with Gasteiger partial charge in [-0.25, -0.2) is 4.98 Å². The van der Waals surface area contributed by atoms with Crippen LogP contribution >= 0.6 is 23.2 Å². The molecule has 0 unspecified atom stereocenters. The first-order valence-electron chi connectivity index (χ1n) is 8.67. The molecule has 1 N–H and O–H groups in total. The third-order valence-electron chi connectivity index (χ3n) is 4.71. The molecule has 0 saturated carbocycles. The van der Waals surface area contributed by atoms with Crippen LogP contribution in [0.15, 0.2) is 42.6 Å². The van der Waals surface area contributed by atoms with Gasteiger partial charge in [0.05, 0.1) is 5.56 Å². The van der Waals surface area contributed by atoms with Crippen LogP contribution in [0.5, 0.6) is 0 Å². The number of nitrogens with zero attached hydrogens (tertiary/aromatic N) is 2. The summed E-state index contributed by atoms with van der Waals surface area (Å²) in [7, 11) is 1.77. The highest BCUT2D eigenvalue weighted by atomic mass is 35.5. The van der Waals surface area contributed by atoms with Crippen LogP contribution in [0.3, 0.4) is 0 Å². The fraction of sp³-hybridized carbons (Fsp3) is 0.238. The van der Waals surface area contributed by atoms with E-state index in [0.29, 0.717) is 26.8 Å². The summed E-state index contributed by atoms with van der Waals surface area (Å²) in [6.45, 7) is 5.87. The highest BCUT2D eigenvalue weighted by molar-refractivity contribution is 6.37. The normalized spacial score (nSPS) is 11.1. The molecule has 1 amide bonds. The van der Waals surface area contributed by atoms with E-state index in [1.165, 1.54) is 0 Å². The van der Waals surface area contributed by atoms with Crippen molar-refractivity contribution in [3.8, 4) is 0 Å². The van der Waals surface area contributed by atoms with E-state index in [9.17, 15) is 4.79 Å². The second-order valence-corrected chi connectivity index (χ2v) is 7.54. The molecule has 27 heavy (non-hydrogen) atoms. The zero-order chi connectivity index (χ0) is 19.7. The van der Waals surface area contributed by atoms with E-state index < -0.39 is 0 Å². The van der Waals surface area contributed by atoms with Gasteiger partial charge in [-0.05, 0) is 44.5 Å². The predicted molar refractivity (Wildman–Crippen MR) is 113 cm³/mol. The lowest BCUT2D eigenvalue weighted by Crippen LogP contribution is -2.33. The molecule has 2 aromatic carbocycles. The van der Waals surface area contributed by atoms with Gasteiger partial charge in [0.1, 0.15) is 5.82 Å². The summed E-state index contributed by atoms with van der Waals surface area (Å²) in [5.41, 5.74) is 2.27. The van der Waals surface area contributed by atoms with Gasteiger partial charge in [-0.2, -0.15) is 0 Å². The van der Waals surface area contributed by atoms with Crippen molar-refractivity contribution in [2.24, 2.45) is 0 Å². The standard InChI is InChI=1S/C21H21Cl2N3O/c1-12(2)26(4)21(27)15-11-24-20(14-7-5-9-17(23)19(14)15)25-18-10-6-8-16(22)13(18)3/h5-12H,1-4H3,(H,24,25). The molecule has 0 saturated heterocycles. The number of benzene rings is 2. The van der Waals surface area contributed by atoms with Gasteiger partial charge < -0.3 is 10.2 Å². The number of fused-ring (bicyclic) bond motifs is 1. The Bertz CT molecular complexity index is 1020. The summed E-state index contributed by atoms with van der Waals surface area (Å²) < 4.78 is 0. The van der Waals surface area contributed by atoms with E-state index in [1.807, 2.05) is 51.1 Å². The summed E-state index contributed by atoms with van der Waals surface area (Å²) >= 11 is 12.7. The zero-order valence-electron chi connectivity index (χ0n) is 15.7. The average molecular weight is 402 g/mol. The van der Waals surface area contributed by atoms with Crippen LogP contribution in [-0.2, 0) is 0 Å². The minimum atomic E-state index is -0.110. The number of pyridine rings is 1. The molecule has 1 aromatic heterocycles. The van der Waals surface area contributed by atoms with Crippen molar-refractivity contribution in [3.63, 3.8) is 0 Å². The van der Waals surface area contributed by atoms with Gasteiger partial charge in [-0.15, -0.1) is 0 Å². The van der Waals surface area contributed by atoms with Crippen molar-refractivity contribution < 1.29 is 4.79 Å². The van der Waals surface area contributed by atoms with Crippen molar-refractivity contribution >= 4 is 51.4 Å².